The van der Waals surface area contributed by atoms with Gasteiger partial charge < -0.3 is 9.64 Å². The third-order valence-electron chi connectivity index (χ3n) is 1.93. The fraction of sp³-hybridized carbons (Fsp3) is 0.857. The molecule has 0 aliphatic carbocycles. The van der Waals surface area contributed by atoms with Crippen LogP contribution in [0.2, 0.25) is 0 Å². The lowest BCUT2D eigenvalue weighted by Gasteiger charge is -2.06. The van der Waals surface area contributed by atoms with E-state index in [9.17, 15) is 4.79 Å². The molecule has 0 amide bonds. The van der Waals surface area contributed by atoms with Crippen LogP contribution in [-0.4, -0.2) is 38.1 Å². The van der Waals surface area contributed by atoms with Crippen LogP contribution in [0.1, 0.15) is 6.42 Å². The Hall–Kier alpha value is -0.570. The minimum atomic E-state index is -0.0654. The minimum Gasteiger partial charge on any atom is -0.469 e. The molecule has 0 spiro atoms. The predicted molar refractivity (Wildman–Crippen MR) is 37.6 cm³/mol. The van der Waals surface area contributed by atoms with Gasteiger partial charge in [-0.15, -0.1) is 0 Å². The molecule has 1 atom stereocenters. The first kappa shape index (κ1) is 7.54. The molecule has 3 nitrogen and oxygen atoms in total. The molecule has 0 saturated carbocycles. The first-order valence-corrected chi connectivity index (χ1v) is 3.50. The van der Waals surface area contributed by atoms with Crippen molar-refractivity contribution < 1.29 is 9.53 Å². The highest BCUT2D eigenvalue weighted by Crippen LogP contribution is 2.14. The first-order valence-electron chi connectivity index (χ1n) is 3.50. The third-order valence-corrected chi connectivity index (χ3v) is 1.93. The molecule has 1 fully saturated rings. The highest BCUT2D eigenvalue weighted by molar-refractivity contribution is 5.72. The third kappa shape index (κ3) is 1.48. The highest BCUT2D eigenvalue weighted by atomic mass is 16.5. The van der Waals surface area contributed by atoms with Gasteiger partial charge in [0.2, 0.25) is 0 Å². The molecule has 1 saturated heterocycles. The van der Waals surface area contributed by atoms with Gasteiger partial charge in [-0.3, -0.25) is 4.79 Å². The Morgan fingerprint density at radius 2 is 2.40 bits per heavy atom. The van der Waals surface area contributed by atoms with Crippen molar-refractivity contribution in [1.29, 1.82) is 0 Å². The molecule has 0 aromatic heterocycles. The number of hydrogen-bond acceptors (Lipinski definition) is 3. The summed E-state index contributed by atoms with van der Waals surface area (Å²) in [7, 11) is 3.46. The minimum absolute atomic E-state index is 0.0654. The Morgan fingerprint density at radius 3 is 2.80 bits per heavy atom. The number of ether oxygens (including phenoxy) is 1. The molecule has 1 rings (SSSR count). The Kier molecular flexibility index (Phi) is 2.27. The van der Waals surface area contributed by atoms with E-state index in [1.807, 2.05) is 7.05 Å². The normalized spacial score (nSPS) is 26.8. The molecule has 3 heteroatoms. The van der Waals surface area contributed by atoms with Crippen LogP contribution >= 0.6 is 0 Å². The van der Waals surface area contributed by atoms with Gasteiger partial charge in [0, 0.05) is 6.54 Å². The molecule has 1 heterocycles. The van der Waals surface area contributed by atoms with Gasteiger partial charge in [0.1, 0.15) is 0 Å². The molecule has 0 N–H and O–H groups in total. The zero-order valence-electron chi connectivity index (χ0n) is 6.46. The maximum Gasteiger partial charge on any atom is 0.310 e. The molecule has 0 radical (unpaired) electrons. The molecule has 0 aromatic carbocycles. The number of carbonyl (C=O) groups excluding carboxylic acids is 1. The maximum absolute atomic E-state index is 10.9. The van der Waals surface area contributed by atoms with Crippen molar-refractivity contribution in [2.24, 2.45) is 5.92 Å². The molecule has 10 heavy (non-hydrogen) atoms. The number of likely N-dealkylation sites (tertiary alicyclic amines) is 1. The van der Waals surface area contributed by atoms with Crippen LogP contribution in [0.4, 0.5) is 0 Å². The molecule has 0 unspecified atom stereocenters. The van der Waals surface area contributed by atoms with Gasteiger partial charge in [-0.25, -0.2) is 0 Å². The van der Waals surface area contributed by atoms with Gasteiger partial charge in [-0.1, -0.05) is 0 Å². The van der Waals surface area contributed by atoms with Gasteiger partial charge >= 0.3 is 5.97 Å². The summed E-state index contributed by atoms with van der Waals surface area (Å²) in [6, 6.07) is 0. The number of carbonyl (C=O) groups is 1. The summed E-state index contributed by atoms with van der Waals surface area (Å²) in [5, 5.41) is 0. The first-order chi connectivity index (χ1) is 4.74. The second-order valence-corrected chi connectivity index (χ2v) is 2.77. The van der Waals surface area contributed by atoms with Crippen LogP contribution in [0.15, 0.2) is 0 Å². The quantitative estimate of drug-likeness (QED) is 0.488. The van der Waals surface area contributed by atoms with Gasteiger partial charge in [0.25, 0.3) is 0 Å². The Morgan fingerprint density at radius 1 is 1.70 bits per heavy atom. The Labute approximate surface area is 61.0 Å². The van der Waals surface area contributed by atoms with E-state index in [0.717, 1.165) is 19.5 Å². The van der Waals surface area contributed by atoms with E-state index in [1.165, 1.54) is 7.11 Å². The molecule has 1 aliphatic heterocycles. The summed E-state index contributed by atoms with van der Waals surface area (Å²) >= 11 is 0. The lowest BCUT2D eigenvalue weighted by Crippen LogP contribution is -2.20. The monoisotopic (exact) mass is 143 g/mol. The van der Waals surface area contributed by atoms with E-state index < -0.39 is 0 Å². The summed E-state index contributed by atoms with van der Waals surface area (Å²) in [5.74, 6) is 0.0550. The second-order valence-electron chi connectivity index (χ2n) is 2.77. The van der Waals surface area contributed by atoms with Crippen LogP contribution in [0.3, 0.4) is 0 Å². The Balaban J connectivity index is 2.37. The average molecular weight is 143 g/mol. The van der Waals surface area contributed by atoms with Crippen LogP contribution in [-0.2, 0) is 9.53 Å². The van der Waals surface area contributed by atoms with Crippen molar-refractivity contribution >= 4 is 5.97 Å². The zero-order chi connectivity index (χ0) is 7.56. The van der Waals surface area contributed by atoms with Crippen molar-refractivity contribution in [2.75, 3.05) is 27.2 Å². The standard InChI is InChI=1S/C7H13NO2/c1-8-4-3-6(5-8)7(9)10-2/h6H,3-5H2,1-2H3/t6-/m0/s1. The average Bonchev–Trinajstić information content (AvgIpc) is 2.34. The van der Waals surface area contributed by atoms with Gasteiger partial charge in [0.05, 0.1) is 13.0 Å². The predicted octanol–water partition coefficient (Wildman–Crippen LogP) is 0.111. The number of rotatable bonds is 1. The topological polar surface area (TPSA) is 29.5 Å². The van der Waals surface area contributed by atoms with Gasteiger partial charge in [-0.05, 0) is 20.0 Å². The lowest BCUT2D eigenvalue weighted by atomic mass is 10.1. The summed E-state index contributed by atoms with van der Waals surface area (Å²) < 4.78 is 4.62. The highest BCUT2D eigenvalue weighted by Gasteiger charge is 2.26. The summed E-state index contributed by atoms with van der Waals surface area (Å²) in [4.78, 5) is 13.1. The smallest absolute Gasteiger partial charge is 0.310 e. The van der Waals surface area contributed by atoms with E-state index in [2.05, 4.69) is 9.64 Å². The fourth-order valence-electron chi connectivity index (χ4n) is 1.29. The van der Waals surface area contributed by atoms with Crippen LogP contribution < -0.4 is 0 Å². The van der Waals surface area contributed by atoms with Gasteiger partial charge in [0.15, 0.2) is 0 Å². The fourth-order valence-corrected chi connectivity index (χ4v) is 1.29. The van der Waals surface area contributed by atoms with Crippen molar-refractivity contribution in [2.45, 2.75) is 6.42 Å². The van der Waals surface area contributed by atoms with Crippen LogP contribution in [0.25, 0.3) is 0 Å². The van der Waals surface area contributed by atoms with E-state index in [4.69, 9.17) is 0 Å². The molecule has 1 aliphatic rings. The number of esters is 1. The zero-order valence-corrected chi connectivity index (χ0v) is 6.46. The molecular weight excluding hydrogens is 130 g/mol. The molecular formula is C7H13NO2. The molecule has 0 bridgehead atoms. The second kappa shape index (κ2) is 3.01. The van der Waals surface area contributed by atoms with Crippen LogP contribution in [0.5, 0.6) is 0 Å². The van der Waals surface area contributed by atoms with Crippen molar-refractivity contribution in [1.82, 2.24) is 4.90 Å². The Bertz CT molecular complexity index is 136. The van der Waals surface area contributed by atoms with E-state index in [-0.39, 0.29) is 11.9 Å². The maximum atomic E-state index is 10.9. The summed E-state index contributed by atoms with van der Waals surface area (Å²) in [5.41, 5.74) is 0. The molecule has 0 aromatic rings. The SMILES string of the molecule is COC(=O)[C@H]1CCN(C)C1. The number of methoxy groups -OCH3 is 1. The molecule has 58 valence electrons. The van der Waals surface area contributed by atoms with Crippen molar-refractivity contribution in [3.63, 3.8) is 0 Å². The largest absolute Gasteiger partial charge is 0.469 e. The van der Waals surface area contributed by atoms with E-state index >= 15 is 0 Å². The van der Waals surface area contributed by atoms with E-state index in [0.29, 0.717) is 0 Å². The number of hydrogen-bond donors (Lipinski definition) is 0. The van der Waals surface area contributed by atoms with Crippen molar-refractivity contribution in [3.8, 4) is 0 Å². The number of nitrogens with zero attached hydrogens (tertiary/aromatic N) is 1. The van der Waals surface area contributed by atoms with Crippen molar-refractivity contribution in [3.05, 3.63) is 0 Å². The van der Waals surface area contributed by atoms with Gasteiger partial charge in [-0.2, -0.15) is 0 Å². The summed E-state index contributed by atoms with van der Waals surface area (Å²) in [6.07, 6.45) is 0.948. The van der Waals surface area contributed by atoms with E-state index in [1.54, 1.807) is 0 Å². The lowest BCUT2D eigenvalue weighted by molar-refractivity contribution is -0.144. The summed E-state index contributed by atoms with van der Waals surface area (Å²) in [6.45, 7) is 1.87. The van der Waals surface area contributed by atoms with Crippen LogP contribution in [0, 0.1) is 5.92 Å².